The Morgan fingerprint density at radius 1 is 1.33 bits per heavy atom. The number of hydrogen-bond donors (Lipinski definition) is 4. The van der Waals surface area contributed by atoms with Crippen molar-refractivity contribution in [3.8, 4) is 0 Å². The summed E-state index contributed by atoms with van der Waals surface area (Å²) in [5.74, 6) is 0.675. The third-order valence-corrected chi connectivity index (χ3v) is 5.40. The molecule has 170 valence electrons. The highest BCUT2D eigenvalue weighted by atomic mass is 127. The van der Waals surface area contributed by atoms with Crippen LogP contribution in [0.5, 0.6) is 0 Å². The average Bonchev–Trinajstić information content (AvgIpc) is 3.19. The Bertz CT molecular complexity index is 678. The summed E-state index contributed by atoms with van der Waals surface area (Å²) in [5, 5.41) is 19.0. The smallest absolute Gasteiger partial charge is 0.251 e. The first-order chi connectivity index (χ1) is 14.0. The minimum absolute atomic E-state index is 0. The van der Waals surface area contributed by atoms with Crippen molar-refractivity contribution in [3.63, 3.8) is 0 Å². The van der Waals surface area contributed by atoms with E-state index in [1.165, 1.54) is 0 Å². The third-order valence-electron chi connectivity index (χ3n) is 5.40. The van der Waals surface area contributed by atoms with Crippen molar-refractivity contribution >= 4 is 35.8 Å². The number of aliphatic imine (C=N–C) groups is 1. The zero-order chi connectivity index (χ0) is 21.1. The Morgan fingerprint density at radius 3 is 2.77 bits per heavy atom. The van der Waals surface area contributed by atoms with Crippen LogP contribution in [0, 0.1) is 5.41 Å². The molecular formula is C22H37IN4O3. The number of nitrogens with one attached hydrogen (secondary N) is 3. The Kier molecular flexibility index (Phi) is 12.3. The van der Waals surface area contributed by atoms with Crippen LogP contribution >= 0.6 is 24.0 Å². The van der Waals surface area contributed by atoms with Gasteiger partial charge in [0.2, 0.25) is 0 Å². The van der Waals surface area contributed by atoms with E-state index in [9.17, 15) is 9.90 Å². The van der Waals surface area contributed by atoms with E-state index in [0.29, 0.717) is 31.7 Å². The number of aliphatic hydroxyl groups excluding tert-OH is 1. The van der Waals surface area contributed by atoms with Crippen LogP contribution in [0.1, 0.15) is 56.0 Å². The maximum absolute atomic E-state index is 12.3. The van der Waals surface area contributed by atoms with Gasteiger partial charge in [-0.05, 0) is 50.8 Å². The Morgan fingerprint density at radius 2 is 2.13 bits per heavy atom. The van der Waals surface area contributed by atoms with Crippen molar-refractivity contribution in [3.05, 3.63) is 35.4 Å². The second-order valence-corrected chi connectivity index (χ2v) is 7.81. The molecule has 1 saturated heterocycles. The molecule has 1 amide bonds. The van der Waals surface area contributed by atoms with Gasteiger partial charge in [-0.3, -0.25) is 4.79 Å². The molecule has 2 unspecified atom stereocenters. The summed E-state index contributed by atoms with van der Waals surface area (Å²) in [6.45, 7) is 9.57. The molecule has 0 aromatic heterocycles. The second kappa shape index (κ2) is 13.8. The van der Waals surface area contributed by atoms with Gasteiger partial charge in [-0.15, -0.1) is 24.0 Å². The lowest BCUT2D eigenvalue weighted by Gasteiger charge is -2.27. The summed E-state index contributed by atoms with van der Waals surface area (Å²) in [4.78, 5) is 17.0. The Labute approximate surface area is 197 Å². The fraction of sp³-hybridized carbons (Fsp3) is 0.636. The predicted molar refractivity (Wildman–Crippen MR) is 131 cm³/mol. The maximum atomic E-state index is 12.3. The molecule has 4 N–H and O–H groups in total. The maximum Gasteiger partial charge on any atom is 0.251 e. The molecule has 1 fully saturated rings. The van der Waals surface area contributed by atoms with Crippen molar-refractivity contribution in [1.29, 1.82) is 0 Å². The van der Waals surface area contributed by atoms with Crippen LogP contribution in [0.2, 0.25) is 0 Å². The SMILES string of the molecule is CCNC(=NCc1cccc(C(=O)NC(C)CC)c1)NCC1(CCO)CCOC1.I. The van der Waals surface area contributed by atoms with Crippen molar-refractivity contribution < 1.29 is 14.6 Å². The fourth-order valence-electron chi connectivity index (χ4n) is 3.32. The van der Waals surface area contributed by atoms with E-state index in [2.05, 4.69) is 20.9 Å². The number of amides is 1. The summed E-state index contributed by atoms with van der Waals surface area (Å²) < 4.78 is 5.56. The van der Waals surface area contributed by atoms with Crippen LogP contribution in [0.25, 0.3) is 0 Å². The molecule has 1 aromatic rings. The summed E-state index contributed by atoms with van der Waals surface area (Å²) in [6.07, 6.45) is 2.55. The predicted octanol–water partition coefficient (Wildman–Crippen LogP) is 2.68. The minimum Gasteiger partial charge on any atom is -0.396 e. The number of rotatable bonds is 10. The zero-order valence-electron chi connectivity index (χ0n) is 18.4. The number of halogens is 1. The standard InChI is InChI=1S/C22H36N4O3.HI/c1-4-17(3)26-20(28)19-8-6-7-18(13-19)14-24-21(23-5-2)25-15-22(9-11-27)10-12-29-16-22;/h6-8,13,17,27H,4-5,9-12,14-16H2,1-3H3,(H,26,28)(H2,23,24,25);1H. The van der Waals surface area contributed by atoms with Crippen LogP contribution < -0.4 is 16.0 Å². The number of benzene rings is 1. The van der Waals surface area contributed by atoms with Crippen LogP contribution in [0.3, 0.4) is 0 Å². The van der Waals surface area contributed by atoms with E-state index < -0.39 is 0 Å². The quantitative estimate of drug-likeness (QED) is 0.211. The largest absolute Gasteiger partial charge is 0.396 e. The number of aliphatic hydroxyl groups is 1. The molecule has 1 aromatic carbocycles. The minimum atomic E-state index is -0.0533. The Balaban J connectivity index is 0.00000450. The summed E-state index contributed by atoms with van der Waals surface area (Å²) in [5.41, 5.74) is 1.59. The molecule has 0 saturated carbocycles. The first-order valence-corrected chi connectivity index (χ1v) is 10.6. The molecule has 1 aliphatic rings. The van der Waals surface area contributed by atoms with Crippen LogP contribution in [-0.2, 0) is 11.3 Å². The fourth-order valence-corrected chi connectivity index (χ4v) is 3.32. The van der Waals surface area contributed by atoms with Gasteiger partial charge in [0.25, 0.3) is 5.91 Å². The van der Waals surface area contributed by atoms with E-state index >= 15 is 0 Å². The van der Waals surface area contributed by atoms with Gasteiger partial charge in [-0.25, -0.2) is 4.99 Å². The number of nitrogens with zero attached hydrogens (tertiary/aromatic N) is 1. The number of hydrogen-bond acceptors (Lipinski definition) is 4. The van der Waals surface area contributed by atoms with E-state index in [1.807, 2.05) is 45.0 Å². The topological polar surface area (TPSA) is 95.0 Å². The molecule has 0 radical (unpaired) electrons. The van der Waals surface area contributed by atoms with Crippen molar-refractivity contribution in [2.24, 2.45) is 10.4 Å². The van der Waals surface area contributed by atoms with Crippen molar-refractivity contribution in [2.75, 3.05) is 32.9 Å². The highest BCUT2D eigenvalue weighted by Crippen LogP contribution is 2.31. The van der Waals surface area contributed by atoms with Gasteiger partial charge in [0.15, 0.2) is 5.96 Å². The first kappa shape index (κ1) is 26.6. The van der Waals surface area contributed by atoms with Gasteiger partial charge in [-0.2, -0.15) is 0 Å². The van der Waals surface area contributed by atoms with E-state index in [4.69, 9.17) is 4.74 Å². The molecule has 2 rings (SSSR count). The molecule has 0 bridgehead atoms. The molecule has 0 aliphatic carbocycles. The molecule has 30 heavy (non-hydrogen) atoms. The summed E-state index contributed by atoms with van der Waals surface area (Å²) >= 11 is 0. The average molecular weight is 532 g/mol. The normalized spacial score (nSPS) is 19.7. The number of ether oxygens (including phenoxy) is 1. The van der Waals surface area contributed by atoms with Crippen LogP contribution in [0.4, 0.5) is 0 Å². The lowest BCUT2D eigenvalue weighted by atomic mass is 9.84. The molecule has 2 atom stereocenters. The third kappa shape index (κ3) is 8.39. The monoisotopic (exact) mass is 532 g/mol. The zero-order valence-corrected chi connectivity index (χ0v) is 20.7. The lowest BCUT2D eigenvalue weighted by Crippen LogP contribution is -2.44. The highest BCUT2D eigenvalue weighted by molar-refractivity contribution is 14.0. The summed E-state index contributed by atoms with van der Waals surface area (Å²) in [7, 11) is 0. The molecule has 1 aliphatic heterocycles. The van der Waals surface area contributed by atoms with Crippen LogP contribution in [0.15, 0.2) is 29.3 Å². The first-order valence-electron chi connectivity index (χ1n) is 10.6. The van der Waals surface area contributed by atoms with E-state index in [1.54, 1.807) is 0 Å². The van der Waals surface area contributed by atoms with Gasteiger partial charge < -0.3 is 25.8 Å². The van der Waals surface area contributed by atoms with E-state index in [-0.39, 0.29) is 47.9 Å². The Hall–Kier alpha value is -1.39. The molecule has 0 spiro atoms. The van der Waals surface area contributed by atoms with Crippen molar-refractivity contribution in [2.45, 2.75) is 52.6 Å². The number of carbonyl (C=O) groups excluding carboxylic acids is 1. The lowest BCUT2D eigenvalue weighted by molar-refractivity contribution is 0.0939. The highest BCUT2D eigenvalue weighted by Gasteiger charge is 2.34. The van der Waals surface area contributed by atoms with Gasteiger partial charge in [0, 0.05) is 43.3 Å². The number of guanidine groups is 1. The van der Waals surface area contributed by atoms with Gasteiger partial charge in [-0.1, -0.05) is 19.1 Å². The van der Waals surface area contributed by atoms with Gasteiger partial charge in [0.05, 0.1) is 13.2 Å². The van der Waals surface area contributed by atoms with E-state index in [0.717, 1.165) is 37.5 Å². The molecule has 7 nitrogen and oxygen atoms in total. The molecule has 8 heteroatoms. The van der Waals surface area contributed by atoms with Gasteiger partial charge >= 0.3 is 0 Å². The van der Waals surface area contributed by atoms with Crippen LogP contribution in [-0.4, -0.2) is 55.9 Å². The number of carbonyl (C=O) groups is 1. The van der Waals surface area contributed by atoms with Crippen molar-refractivity contribution in [1.82, 2.24) is 16.0 Å². The molecular weight excluding hydrogens is 495 g/mol. The second-order valence-electron chi connectivity index (χ2n) is 7.81. The summed E-state index contributed by atoms with van der Waals surface area (Å²) in [6, 6.07) is 7.74. The van der Waals surface area contributed by atoms with Gasteiger partial charge in [0.1, 0.15) is 0 Å². The molecule has 1 heterocycles.